The van der Waals surface area contributed by atoms with Crippen molar-refractivity contribution in [3.63, 3.8) is 0 Å². The molecule has 16 nitrogen and oxygen atoms in total. The Balaban J connectivity index is 0.000000243. The standard InChI is InChI=1S/C30H39FN2O6.C18H25FN2O2.C12H15ClO4.CH4/c1-22(2)33(27(34)24-11-12-25(37-4)26(15-24)38-14-8-13-36-3)30-17-29(18-30,19-31)20-32(21-30)28(35)39-16-23-9-6-5-7-10-23;1-14(2)20-18-9-17(10-18,11-19)12-21(13-18)16(22)23-8-15-6-4-3-5-7-15;1-15-6-3-7-17-11-8-9(12(13)14)4-5-10(11)16-2;/h5-7,9-12,15,22H,8,13-14,16-21H2,1-4H3;3-7,14,20H,8-13H2,1-2H3;4-5,8H,3,6-7H2,1-2H3;1H4. The van der Waals surface area contributed by atoms with Gasteiger partial charge in [0.15, 0.2) is 23.0 Å². The summed E-state index contributed by atoms with van der Waals surface area (Å²) in [4.78, 5) is 55.5. The molecule has 0 atom stereocenters. The monoisotopic (exact) mass is 1140 g/mol. The van der Waals surface area contributed by atoms with Crippen LogP contribution < -0.4 is 24.3 Å². The highest BCUT2D eigenvalue weighted by Gasteiger charge is 2.65. The molecule has 0 radical (unpaired) electrons. The van der Waals surface area contributed by atoms with Crippen molar-refractivity contribution in [2.75, 3.05) is 94.4 Å². The zero-order valence-electron chi connectivity index (χ0n) is 47.0. The fraction of sp³-hybridized carbons (Fsp3) is 0.541. The van der Waals surface area contributed by atoms with Gasteiger partial charge in [-0.2, -0.15) is 0 Å². The van der Waals surface area contributed by atoms with Crippen LogP contribution in [0.15, 0.2) is 97.1 Å². The van der Waals surface area contributed by atoms with Crippen molar-refractivity contribution < 1.29 is 65.9 Å². The van der Waals surface area contributed by atoms with Crippen molar-refractivity contribution >= 4 is 34.9 Å². The lowest BCUT2D eigenvalue weighted by Gasteiger charge is -2.66. The second-order valence-electron chi connectivity index (χ2n) is 21.7. The van der Waals surface area contributed by atoms with Gasteiger partial charge >= 0.3 is 12.2 Å². The summed E-state index contributed by atoms with van der Waals surface area (Å²) < 4.78 is 70.8. The van der Waals surface area contributed by atoms with E-state index < -0.39 is 29.0 Å². The lowest BCUT2D eigenvalue weighted by Crippen LogP contribution is -2.76. The maximum absolute atomic E-state index is 14.3. The van der Waals surface area contributed by atoms with E-state index in [1.54, 1.807) is 74.6 Å². The Bertz CT molecular complexity index is 2600. The Morgan fingerprint density at radius 2 is 1.05 bits per heavy atom. The van der Waals surface area contributed by atoms with Crippen LogP contribution in [0.25, 0.3) is 0 Å². The summed E-state index contributed by atoms with van der Waals surface area (Å²) in [6, 6.07) is 29.1. The molecule has 4 aromatic rings. The number of ether oxygens (including phenoxy) is 8. The fourth-order valence-electron chi connectivity index (χ4n) is 11.7. The lowest BCUT2D eigenvalue weighted by molar-refractivity contribution is -0.151. The second kappa shape index (κ2) is 30.0. The van der Waals surface area contributed by atoms with Crippen molar-refractivity contribution in [1.29, 1.82) is 0 Å². The van der Waals surface area contributed by atoms with Crippen LogP contribution in [0.4, 0.5) is 18.4 Å². The first-order valence-electron chi connectivity index (χ1n) is 26.8. The predicted octanol–water partition coefficient (Wildman–Crippen LogP) is 11.4. The molecule has 2 aliphatic carbocycles. The van der Waals surface area contributed by atoms with Crippen LogP contribution >= 0.6 is 11.6 Å². The van der Waals surface area contributed by atoms with Crippen LogP contribution in [-0.4, -0.2) is 156 Å². The molecule has 19 heteroatoms. The van der Waals surface area contributed by atoms with Crippen LogP contribution in [0, 0.1) is 10.8 Å². The largest absolute Gasteiger partial charge is 0.493 e. The average Bonchev–Trinajstić information content (AvgIpc) is 3.59. The third-order valence-corrected chi connectivity index (χ3v) is 14.7. The first-order valence-corrected chi connectivity index (χ1v) is 27.2. The van der Waals surface area contributed by atoms with E-state index in [2.05, 4.69) is 19.2 Å². The van der Waals surface area contributed by atoms with Gasteiger partial charge in [-0.1, -0.05) is 81.9 Å². The maximum Gasteiger partial charge on any atom is 0.410 e. The highest BCUT2D eigenvalue weighted by atomic mass is 35.5. The molecule has 6 aliphatic rings. The normalized spacial score (nSPS) is 21.2. The number of carbonyl (C=O) groups excluding carboxylic acids is 4. The number of methoxy groups -OCH3 is 4. The van der Waals surface area contributed by atoms with E-state index >= 15 is 0 Å². The number of halogens is 3. The topological polar surface area (TPSA) is 164 Å². The number of hydrogen-bond acceptors (Lipinski definition) is 13. The number of fused-ring (bicyclic) bond motifs is 4. The summed E-state index contributed by atoms with van der Waals surface area (Å²) in [7, 11) is 6.36. The fourth-order valence-corrected chi connectivity index (χ4v) is 11.8. The van der Waals surface area contributed by atoms with Crippen molar-refractivity contribution in [2.24, 2.45) is 10.8 Å². The number of rotatable bonds is 24. The van der Waals surface area contributed by atoms with Gasteiger partial charge in [0.05, 0.1) is 46.3 Å². The molecule has 0 spiro atoms. The SMILES string of the molecule is C.CC(C)NC12CN(C(=O)OCc3ccccc3)CC(CF)(C1)C2.COCCCOc1cc(C(=O)Cl)ccc1OC.COCCCOc1cc(C(=O)N(C(C)C)C23CN(C(=O)OCc4ccccc4)CC(CF)(C2)C3)ccc1OC. The van der Waals surface area contributed by atoms with Gasteiger partial charge in [0.25, 0.3) is 11.1 Å². The number of nitrogens with one attached hydrogen (secondary N) is 1. The molecule has 1 N–H and O–H groups in total. The molecule has 4 aromatic carbocycles. The minimum absolute atomic E-state index is 0. The van der Waals surface area contributed by atoms with Gasteiger partial charge in [-0.3, -0.25) is 18.4 Å². The van der Waals surface area contributed by atoms with E-state index in [0.717, 1.165) is 30.4 Å². The zero-order valence-corrected chi connectivity index (χ0v) is 47.8. The van der Waals surface area contributed by atoms with Crippen LogP contribution in [0.1, 0.15) is 105 Å². The van der Waals surface area contributed by atoms with Gasteiger partial charge < -0.3 is 57.9 Å². The van der Waals surface area contributed by atoms with E-state index in [4.69, 9.17) is 49.5 Å². The van der Waals surface area contributed by atoms with Gasteiger partial charge in [-0.15, -0.1) is 0 Å². The van der Waals surface area contributed by atoms with Crippen LogP contribution in [-0.2, 0) is 32.2 Å². The summed E-state index contributed by atoms with van der Waals surface area (Å²) in [5, 5.41) is 3.01. The molecule has 4 aliphatic heterocycles. The van der Waals surface area contributed by atoms with E-state index in [9.17, 15) is 28.0 Å². The number of benzene rings is 4. The Kier molecular flexibility index (Phi) is 24.2. The number of amides is 3. The third-order valence-electron chi connectivity index (χ3n) is 14.5. The molecule has 2 saturated carbocycles. The minimum atomic E-state index is -0.680. The van der Waals surface area contributed by atoms with Crippen molar-refractivity contribution in [3.05, 3.63) is 119 Å². The molecule has 440 valence electrons. The first kappa shape index (κ1) is 64.6. The smallest absolute Gasteiger partial charge is 0.410 e. The average molecular weight is 1140 g/mol. The Labute approximate surface area is 476 Å². The van der Waals surface area contributed by atoms with Crippen LogP contribution in [0.5, 0.6) is 23.0 Å². The summed E-state index contributed by atoms with van der Waals surface area (Å²) in [5.74, 6) is 1.89. The minimum Gasteiger partial charge on any atom is -0.493 e. The van der Waals surface area contributed by atoms with Gasteiger partial charge in [0.1, 0.15) is 13.2 Å². The highest BCUT2D eigenvalue weighted by molar-refractivity contribution is 6.67. The molecule has 10 rings (SSSR count). The Morgan fingerprint density at radius 3 is 1.48 bits per heavy atom. The number of piperidine rings is 4. The molecule has 4 heterocycles. The number of alkyl halides is 2. The van der Waals surface area contributed by atoms with Crippen molar-refractivity contribution in [3.8, 4) is 23.0 Å². The zero-order chi connectivity index (χ0) is 57.2. The summed E-state index contributed by atoms with van der Waals surface area (Å²) in [6.45, 7) is 11.2. The molecular weight excluding hydrogens is 1050 g/mol. The quantitative estimate of drug-likeness (QED) is 0.0521. The predicted molar refractivity (Wildman–Crippen MR) is 304 cm³/mol. The van der Waals surface area contributed by atoms with Gasteiger partial charge in [0, 0.05) is 106 Å². The number of hydrogen-bond donors (Lipinski definition) is 1. The molecular formula is C61H83ClF2N4O12. The molecule has 6 fully saturated rings. The van der Waals surface area contributed by atoms with E-state index in [0.29, 0.717) is 105 Å². The third kappa shape index (κ3) is 16.7. The second-order valence-corrected chi connectivity index (χ2v) is 22.1. The summed E-state index contributed by atoms with van der Waals surface area (Å²) >= 11 is 5.40. The summed E-state index contributed by atoms with van der Waals surface area (Å²) in [6.07, 6.45) is 3.22. The molecule has 4 bridgehead atoms. The Morgan fingerprint density at radius 1 is 0.600 bits per heavy atom. The van der Waals surface area contributed by atoms with E-state index in [1.807, 2.05) is 79.4 Å². The van der Waals surface area contributed by atoms with E-state index in [-0.39, 0.29) is 62.9 Å². The van der Waals surface area contributed by atoms with E-state index in [1.165, 1.54) is 0 Å². The molecule has 4 saturated heterocycles. The number of carbonyl (C=O) groups is 4. The highest BCUT2D eigenvalue weighted by Crippen LogP contribution is 2.57. The van der Waals surface area contributed by atoms with Crippen LogP contribution in [0.2, 0.25) is 0 Å². The molecule has 0 unspecified atom stereocenters. The van der Waals surface area contributed by atoms with Gasteiger partial charge in [-0.25, -0.2) is 9.59 Å². The van der Waals surface area contributed by atoms with Crippen molar-refractivity contribution in [2.45, 2.75) is 110 Å². The molecule has 3 amide bonds. The molecule has 0 aromatic heterocycles. The van der Waals surface area contributed by atoms with Crippen LogP contribution in [0.3, 0.4) is 0 Å². The van der Waals surface area contributed by atoms with Crippen molar-refractivity contribution in [1.82, 2.24) is 20.0 Å². The Hall–Kier alpha value is -6.21. The van der Waals surface area contributed by atoms with Gasteiger partial charge in [-0.05, 0) is 98.7 Å². The number of nitrogens with zero attached hydrogens (tertiary/aromatic N) is 3. The lowest BCUT2D eigenvalue weighted by atomic mass is 9.53. The first-order chi connectivity index (χ1) is 37.9. The molecule has 80 heavy (non-hydrogen) atoms. The summed E-state index contributed by atoms with van der Waals surface area (Å²) in [5.41, 5.74) is 0.778. The maximum atomic E-state index is 14.3. The van der Waals surface area contributed by atoms with Gasteiger partial charge in [0.2, 0.25) is 0 Å².